The molecule has 0 radical (unpaired) electrons. The van der Waals surface area contributed by atoms with E-state index in [1.807, 2.05) is 0 Å². The maximum atomic E-state index is 12.1. The maximum Gasteiger partial charge on any atom is 0.358 e. The number of hydrogen-bond acceptors (Lipinski definition) is 5. The van der Waals surface area contributed by atoms with Crippen LogP contribution in [0.2, 0.25) is 0 Å². The van der Waals surface area contributed by atoms with Crippen molar-refractivity contribution in [1.82, 2.24) is 9.78 Å². The highest BCUT2D eigenvalue weighted by Crippen LogP contribution is 2.25. The molecule has 22 heavy (non-hydrogen) atoms. The highest BCUT2D eigenvalue weighted by atomic mass is 79.9. The zero-order chi connectivity index (χ0) is 16.5. The van der Waals surface area contributed by atoms with Gasteiger partial charge in [-0.25, -0.2) is 23.0 Å². The van der Waals surface area contributed by atoms with E-state index in [2.05, 4.69) is 21.0 Å². The number of nitrogens with two attached hydrogens (primary N) is 1. The predicted molar refractivity (Wildman–Crippen MR) is 83.3 cm³/mol. The third kappa shape index (κ3) is 3.21. The number of carbonyl (C=O) groups excluding carboxylic acids is 1. The van der Waals surface area contributed by atoms with Gasteiger partial charge < -0.3 is 4.74 Å². The van der Waals surface area contributed by atoms with E-state index >= 15 is 0 Å². The van der Waals surface area contributed by atoms with Gasteiger partial charge in [0.25, 0.3) is 0 Å². The summed E-state index contributed by atoms with van der Waals surface area (Å²) in [5.41, 5.74) is 1.37. The highest BCUT2D eigenvalue weighted by molar-refractivity contribution is 9.10. The molecule has 0 saturated carbocycles. The van der Waals surface area contributed by atoms with Gasteiger partial charge in [0.15, 0.2) is 5.69 Å². The first kappa shape index (κ1) is 16.7. The Kier molecular flexibility index (Phi) is 4.69. The van der Waals surface area contributed by atoms with Crippen LogP contribution >= 0.6 is 15.9 Å². The molecule has 9 heteroatoms. The van der Waals surface area contributed by atoms with Crippen molar-refractivity contribution in [1.29, 1.82) is 0 Å². The average molecular weight is 388 g/mol. The van der Waals surface area contributed by atoms with Gasteiger partial charge in [-0.05, 0) is 54.0 Å². The summed E-state index contributed by atoms with van der Waals surface area (Å²) in [4.78, 5) is 12.1. The maximum absolute atomic E-state index is 12.1. The molecule has 0 aliphatic heterocycles. The number of primary sulfonamides is 1. The van der Waals surface area contributed by atoms with E-state index in [0.717, 1.165) is 0 Å². The molecule has 2 rings (SSSR count). The summed E-state index contributed by atoms with van der Waals surface area (Å²) in [5.74, 6) is -0.523. The number of ether oxygens (including phenoxy) is 1. The highest BCUT2D eigenvalue weighted by Gasteiger charge is 2.22. The van der Waals surface area contributed by atoms with Gasteiger partial charge in [0.05, 0.1) is 27.4 Å². The SMILES string of the molecule is CCOC(=O)c1c(Br)c(C)nn1-c1ccc(S(N)(=O)=O)cc1. The van der Waals surface area contributed by atoms with Gasteiger partial charge in [-0.2, -0.15) is 5.10 Å². The zero-order valence-electron chi connectivity index (χ0n) is 11.9. The van der Waals surface area contributed by atoms with Gasteiger partial charge in [-0.3, -0.25) is 0 Å². The van der Waals surface area contributed by atoms with Gasteiger partial charge in [0.2, 0.25) is 10.0 Å². The molecule has 1 aromatic heterocycles. The van der Waals surface area contributed by atoms with Crippen LogP contribution in [0.25, 0.3) is 5.69 Å². The molecule has 0 saturated heterocycles. The van der Waals surface area contributed by atoms with Crippen molar-refractivity contribution >= 4 is 31.9 Å². The lowest BCUT2D eigenvalue weighted by molar-refractivity contribution is 0.0514. The van der Waals surface area contributed by atoms with E-state index in [-0.39, 0.29) is 17.2 Å². The summed E-state index contributed by atoms with van der Waals surface area (Å²) >= 11 is 3.32. The minimum Gasteiger partial charge on any atom is -0.461 e. The van der Waals surface area contributed by atoms with Crippen molar-refractivity contribution in [3.63, 3.8) is 0 Å². The summed E-state index contributed by atoms with van der Waals surface area (Å²) in [7, 11) is -3.77. The zero-order valence-corrected chi connectivity index (χ0v) is 14.3. The molecule has 0 spiro atoms. The van der Waals surface area contributed by atoms with Crippen LogP contribution in [0, 0.1) is 6.92 Å². The average Bonchev–Trinajstić information content (AvgIpc) is 2.74. The Balaban J connectivity index is 2.53. The number of esters is 1. The molecular weight excluding hydrogens is 374 g/mol. The van der Waals surface area contributed by atoms with Crippen molar-refractivity contribution in [2.75, 3.05) is 6.61 Å². The number of hydrogen-bond donors (Lipinski definition) is 1. The molecular formula is C13H14BrN3O4S. The fourth-order valence-corrected chi connectivity index (χ4v) is 2.77. The Labute approximate surface area is 136 Å². The minimum atomic E-state index is -3.77. The topological polar surface area (TPSA) is 104 Å². The standard InChI is InChI=1S/C13H14BrN3O4S/c1-3-21-13(18)12-11(14)8(2)16-17(12)9-4-6-10(7-5-9)22(15,19)20/h4-7H,3H2,1-2H3,(H2,15,19,20). The van der Waals surface area contributed by atoms with Gasteiger partial charge in [-0.15, -0.1) is 0 Å². The molecule has 0 aliphatic carbocycles. The fraction of sp³-hybridized carbons (Fsp3) is 0.231. The second-order valence-electron chi connectivity index (χ2n) is 4.42. The van der Waals surface area contributed by atoms with E-state index in [9.17, 15) is 13.2 Å². The molecule has 0 aliphatic rings. The Bertz CT molecular complexity index is 813. The smallest absolute Gasteiger partial charge is 0.358 e. The Morgan fingerprint density at radius 2 is 1.95 bits per heavy atom. The van der Waals surface area contributed by atoms with Crippen LogP contribution < -0.4 is 5.14 Å². The van der Waals surface area contributed by atoms with Crippen LogP contribution in [-0.4, -0.2) is 30.8 Å². The number of nitrogens with zero attached hydrogens (tertiary/aromatic N) is 2. The third-order valence-corrected chi connectivity index (χ3v) is 4.74. The van der Waals surface area contributed by atoms with Crippen molar-refractivity contribution in [2.45, 2.75) is 18.7 Å². The van der Waals surface area contributed by atoms with Gasteiger partial charge in [0, 0.05) is 0 Å². The molecule has 2 N–H and O–H groups in total. The van der Waals surface area contributed by atoms with Gasteiger partial charge in [-0.1, -0.05) is 0 Å². The lowest BCUT2D eigenvalue weighted by Crippen LogP contribution is -2.14. The summed E-state index contributed by atoms with van der Waals surface area (Å²) in [5, 5.41) is 9.32. The number of benzene rings is 1. The van der Waals surface area contributed by atoms with E-state index in [1.165, 1.54) is 28.9 Å². The van der Waals surface area contributed by atoms with Crippen LogP contribution in [0.5, 0.6) is 0 Å². The number of rotatable bonds is 4. The predicted octanol–water partition coefficient (Wildman–Crippen LogP) is 1.77. The number of sulfonamides is 1. The summed E-state index contributed by atoms with van der Waals surface area (Å²) < 4.78 is 29.5. The lowest BCUT2D eigenvalue weighted by atomic mass is 10.3. The van der Waals surface area contributed by atoms with Crippen molar-refractivity contribution in [2.24, 2.45) is 5.14 Å². The van der Waals surface area contributed by atoms with Crippen LogP contribution in [0.1, 0.15) is 23.1 Å². The molecule has 0 unspecified atom stereocenters. The van der Waals surface area contributed by atoms with Crippen LogP contribution in [0.3, 0.4) is 0 Å². The first-order valence-electron chi connectivity index (χ1n) is 6.31. The quantitative estimate of drug-likeness (QED) is 0.804. The number of carbonyl (C=O) groups is 1. The van der Waals surface area contributed by atoms with Crippen LogP contribution in [-0.2, 0) is 14.8 Å². The molecule has 7 nitrogen and oxygen atoms in total. The first-order chi connectivity index (χ1) is 10.3. The molecule has 2 aromatic rings. The first-order valence-corrected chi connectivity index (χ1v) is 8.65. The Hall–Kier alpha value is -1.71. The molecule has 0 atom stereocenters. The Morgan fingerprint density at radius 1 is 1.36 bits per heavy atom. The van der Waals surface area contributed by atoms with Crippen molar-refractivity contribution in [3.8, 4) is 5.69 Å². The largest absolute Gasteiger partial charge is 0.461 e. The van der Waals surface area contributed by atoms with E-state index in [0.29, 0.717) is 15.9 Å². The summed E-state index contributed by atoms with van der Waals surface area (Å²) in [6.45, 7) is 3.68. The second-order valence-corrected chi connectivity index (χ2v) is 6.77. The van der Waals surface area contributed by atoms with Crippen molar-refractivity contribution in [3.05, 3.63) is 40.1 Å². The molecule has 0 amide bonds. The molecule has 0 fully saturated rings. The van der Waals surface area contributed by atoms with Crippen LogP contribution in [0.4, 0.5) is 0 Å². The third-order valence-electron chi connectivity index (χ3n) is 2.87. The molecule has 1 aromatic carbocycles. The number of halogens is 1. The second kappa shape index (κ2) is 6.19. The Morgan fingerprint density at radius 3 is 2.45 bits per heavy atom. The van der Waals surface area contributed by atoms with E-state index in [4.69, 9.17) is 9.88 Å². The van der Waals surface area contributed by atoms with Crippen LogP contribution in [0.15, 0.2) is 33.6 Å². The van der Waals surface area contributed by atoms with E-state index < -0.39 is 16.0 Å². The van der Waals surface area contributed by atoms with Gasteiger partial charge in [0.1, 0.15) is 0 Å². The summed E-state index contributed by atoms with van der Waals surface area (Å²) in [6.07, 6.45) is 0. The monoisotopic (exact) mass is 387 g/mol. The van der Waals surface area contributed by atoms with Crippen molar-refractivity contribution < 1.29 is 17.9 Å². The molecule has 0 bridgehead atoms. The molecule has 118 valence electrons. The van der Waals surface area contributed by atoms with E-state index in [1.54, 1.807) is 13.8 Å². The number of aromatic nitrogens is 2. The minimum absolute atomic E-state index is 0.0168. The van der Waals surface area contributed by atoms with Gasteiger partial charge >= 0.3 is 5.97 Å². The molecule has 1 heterocycles. The number of aryl methyl sites for hydroxylation is 1. The normalized spacial score (nSPS) is 11.5. The lowest BCUT2D eigenvalue weighted by Gasteiger charge is -2.08. The fourth-order valence-electron chi connectivity index (χ4n) is 1.85. The summed E-state index contributed by atoms with van der Waals surface area (Å²) in [6, 6.07) is 5.73.